The topological polar surface area (TPSA) is 106 Å². The fourth-order valence-electron chi connectivity index (χ4n) is 4.70. The molecule has 1 saturated heterocycles. The zero-order chi connectivity index (χ0) is 26.5. The van der Waals surface area contributed by atoms with Crippen molar-refractivity contribution in [3.63, 3.8) is 0 Å². The number of hydrogen-bond acceptors (Lipinski definition) is 7. The molecule has 0 atom stereocenters. The van der Waals surface area contributed by atoms with Gasteiger partial charge in [0.05, 0.1) is 5.56 Å². The molecule has 10 heteroatoms. The first-order chi connectivity index (χ1) is 17.5. The lowest BCUT2D eigenvalue weighted by Gasteiger charge is -2.37. The van der Waals surface area contributed by atoms with E-state index in [2.05, 4.69) is 20.3 Å². The zero-order valence-corrected chi connectivity index (χ0v) is 22.1. The lowest BCUT2D eigenvalue weighted by atomic mass is 10.1. The quantitative estimate of drug-likeness (QED) is 0.433. The van der Waals surface area contributed by atoms with Crippen LogP contribution in [0.1, 0.15) is 42.6 Å². The molecule has 4 aromatic rings. The second-order valence-electron chi connectivity index (χ2n) is 10.5. The van der Waals surface area contributed by atoms with Gasteiger partial charge in [0.25, 0.3) is 5.91 Å². The number of aromatic nitrogens is 3. The molecule has 0 bridgehead atoms. The molecule has 10 nitrogen and oxygen atoms in total. The summed E-state index contributed by atoms with van der Waals surface area (Å²) in [6, 6.07) is 7.44. The summed E-state index contributed by atoms with van der Waals surface area (Å²) in [6.07, 6.45) is 1.63. The summed E-state index contributed by atoms with van der Waals surface area (Å²) in [5.41, 5.74) is 4.56. The minimum absolute atomic E-state index is 0.250. The summed E-state index contributed by atoms with van der Waals surface area (Å²) in [4.78, 5) is 34.1. The summed E-state index contributed by atoms with van der Waals surface area (Å²) < 4.78 is 12.9. The molecule has 0 radical (unpaired) electrons. The van der Waals surface area contributed by atoms with E-state index in [1.807, 2.05) is 59.1 Å². The first-order valence-electron chi connectivity index (χ1n) is 12.4. The van der Waals surface area contributed by atoms with Gasteiger partial charge < -0.3 is 24.3 Å². The molecule has 0 saturated carbocycles. The lowest BCUT2D eigenvalue weighted by Crippen LogP contribution is -2.50. The molecular weight excluding hydrogens is 472 g/mol. The molecule has 0 unspecified atom stereocenters. The fourth-order valence-corrected chi connectivity index (χ4v) is 4.70. The van der Waals surface area contributed by atoms with Crippen molar-refractivity contribution in [1.29, 1.82) is 0 Å². The Balaban J connectivity index is 1.37. The minimum atomic E-state index is -0.523. The van der Waals surface area contributed by atoms with Crippen molar-refractivity contribution in [1.82, 2.24) is 19.7 Å². The van der Waals surface area contributed by atoms with Crippen LogP contribution in [0.25, 0.3) is 22.0 Å². The Morgan fingerprint density at radius 3 is 2.49 bits per heavy atom. The van der Waals surface area contributed by atoms with Crippen molar-refractivity contribution in [3.8, 4) is 0 Å². The van der Waals surface area contributed by atoms with Gasteiger partial charge in [-0.25, -0.2) is 9.78 Å². The van der Waals surface area contributed by atoms with Crippen molar-refractivity contribution in [2.75, 3.05) is 36.4 Å². The Kier molecular flexibility index (Phi) is 6.05. The third kappa shape index (κ3) is 4.96. The molecule has 1 fully saturated rings. The van der Waals surface area contributed by atoms with Gasteiger partial charge in [0, 0.05) is 69.2 Å². The van der Waals surface area contributed by atoms with E-state index in [-0.39, 0.29) is 12.0 Å². The first-order valence-corrected chi connectivity index (χ1v) is 12.4. The number of carbonyl (C=O) groups is 2. The van der Waals surface area contributed by atoms with E-state index in [9.17, 15) is 9.59 Å². The van der Waals surface area contributed by atoms with E-state index in [4.69, 9.17) is 9.15 Å². The summed E-state index contributed by atoms with van der Waals surface area (Å²) >= 11 is 0. The van der Waals surface area contributed by atoms with Crippen LogP contribution in [0.5, 0.6) is 0 Å². The van der Waals surface area contributed by atoms with Gasteiger partial charge in [0.2, 0.25) is 0 Å². The van der Waals surface area contributed by atoms with Gasteiger partial charge in [0.1, 0.15) is 16.6 Å². The van der Waals surface area contributed by atoms with E-state index in [0.29, 0.717) is 54.4 Å². The van der Waals surface area contributed by atoms with Crippen LogP contribution in [-0.4, -0.2) is 63.4 Å². The molecule has 5 rings (SSSR count). The Labute approximate surface area is 215 Å². The minimum Gasteiger partial charge on any atom is -0.444 e. The lowest BCUT2D eigenvalue weighted by molar-refractivity contribution is 0.0240. The maximum Gasteiger partial charge on any atom is 0.410 e. The highest BCUT2D eigenvalue weighted by Crippen LogP contribution is 2.31. The van der Waals surface area contributed by atoms with Crippen molar-refractivity contribution in [3.05, 3.63) is 47.5 Å². The number of nitrogens with zero attached hydrogens (tertiary/aromatic N) is 5. The molecule has 2 aromatic carbocycles. The molecule has 0 aliphatic carbocycles. The Morgan fingerprint density at radius 1 is 1.05 bits per heavy atom. The van der Waals surface area contributed by atoms with Crippen molar-refractivity contribution >= 4 is 45.4 Å². The van der Waals surface area contributed by atoms with Crippen LogP contribution in [-0.2, 0) is 11.8 Å². The van der Waals surface area contributed by atoms with Gasteiger partial charge in [0.15, 0.2) is 11.5 Å². The van der Waals surface area contributed by atoms with Crippen LogP contribution < -0.4 is 10.2 Å². The number of amides is 2. The highest BCUT2D eigenvalue weighted by atomic mass is 16.6. The standard InChI is InChI=1S/C27H32N6O4/c1-16-13-18(14-22-23(16)28-17(2)36-22)29-25(34)19-7-8-21(20-15-31(6)30-24(19)20)32-9-11-33(12-10-32)26(35)37-27(3,4)5/h7-8,13-15H,9-12H2,1-6H3,(H,29,34). The van der Waals surface area contributed by atoms with Gasteiger partial charge in [-0.15, -0.1) is 0 Å². The average molecular weight is 505 g/mol. The molecule has 1 N–H and O–H groups in total. The van der Waals surface area contributed by atoms with Gasteiger partial charge in [-0.05, 0) is 51.5 Å². The van der Waals surface area contributed by atoms with Gasteiger partial charge in [-0.3, -0.25) is 9.48 Å². The zero-order valence-electron chi connectivity index (χ0n) is 22.1. The van der Waals surface area contributed by atoms with Crippen molar-refractivity contribution < 1.29 is 18.7 Å². The fraction of sp³-hybridized carbons (Fsp3) is 0.407. The second kappa shape index (κ2) is 9.10. The van der Waals surface area contributed by atoms with Crippen LogP contribution in [0.15, 0.2) is 34.9 Å². The highest BCUT2D eigenvalue weighted by molar-refractivity contribution is 6.14. The van der Waals surface area contributed by atoms with E-state index >= 15 is 0 Å². The predicted octanol–water partition coefficient (Wildman–Crippen LogP) is 4.64. The normalized spacial score (nSPS) is 14.4. The van der Waals surface area contributed by atoms with Crippen LogP contribution in [0, 0.1) is 13.8 Å². The number of rotatable bonds is 3. The number of carbonyl (C=O) groups excluding carboxylic acids is 2. The molecule has 2 amide bonds. The van der Waals surface area contributed by atoms with Crippen LogP contribution in [0.4, 0.5) is 16.2 Å². The van der Waals surface area contributed by atoms with E-state index in [1.165, 1.54) is 0 Å². The third-order valence-corrected chi connectivity index (χ3v) is 6.33. The van der Waals surface area contributed by atoms with Crippen molar-refractivity contribution in [2.24, 2.45) is 7.05 Å². The monoisotopic (exact) mass is 504 g/mol. The maximum atomic E-state index is 13.3. The largest absolute Gasteiger partial charge is 0.444 e. The predicted molar refractivity (Wildman–Crippen MR) is 142 cm³/mol. The summed E-state index contributed by atoms with van der Waals surface area (Å²) in [6.45, 7) is 11.8. The first kappa shape index (κ1) is 24.6. The van der Waals surface area contributed by atoms with Crippen LogP contribution in [0.2, 0.25) is 0 Å². The average Bonchev–Trinajstić information content (AvgIpc) is 3.39. The van der Waals surface area contributed by atoms with Gasteiger partial charge in [-0.2, -0.15) is 5.10 Å². The number of benzene rings is 2. The second-order valence-corrected chi connectivity index (χ2v) is 10.5. The number of nitrogens with one attached hydrogen (secondary N) is 1. The summed E-state index contributed by atoms with van der Waals surface area (Å²) in [7, 11) is 1.84. The molecule has 2 aromatic heterocycles. The third-order valence-electron chi connectivity index (χ3n) is 6.33. The molecule has 3 heterocycles. The maximum absolute atomic E-state index is 13.3. The number of anilines is 2. The molecule has 0 spiro atoms. The molecule has 1 aliphatic rings. The van der Waals surface area contributed by atoms with Gasteiger partial charge in [-0.1, -0.05) is 0 Å². The van der Waals surface area contributed by atoms with E-state index in [1.54, 1.807) is 22.6 Å². The van der Waals surface area contributed by atoms with Crippen LogP contribution in [0.3, 0.4) is 0 Å². The number of aryl methyl sites for hydroxylation is 3. The van der Waals surface area contributed by atoms with Gasteiger partial charge >= 0.3 is 6.09 Å². The SMILES string of the molecule is Cc1nc2c(C)cc(NC(=O)c3ccc(N4CCN(C(=O)OC(C)(C)C)CC4)c4cn(C)nc34)cc2o1. The molecular formula is C27H32N6O4. The number of hydrogen-bond donors (Lipinski definition) is 1. The van der Waals surface area contributed by atoms with Crippen molar-refractivity contribution in [2.45, 2.75) is 40.2 Å². The Bertz CT molecular complexity index is 1500. The summed E-state index contributed by atoms with van der Waals surface area (Å²) in [5, 5.41) is 8.48. The summed E-state index contributed by atoms with van der Waals surface area (Å²) in [5.74, 6) is 0.333. The molecule has 1 aliphatic heterocycles. The Morgan fingerprint density at radius 2 is 1.78 bits per heavy atom. The van der Waals surface area contributed by atoms with E-state index < -0.39 is 5.60 Å². The number of piperazine rings is 1. The number of fused-ring (bicyclic) bond motifs is 2. The Hall–Kier alpha value is -4.08. The number of oxazole rings is 1. The molecule has 194 valence electrons. The number of ether oxygens (including phenoxy) is 1. The highest BCUT2D eigenvalue weighted by Gasteiger charge is 2.27. The van der Waals surface area contributed by atoms with E-state index in [0.717, 1.165) is 22.2 Å². The van der Waals surface area contributed by atoms with Crippen LogP contribution >= 0.6 is 0 Å². The smallest absolute Gasteiger partial charge is 0.410 e. The molecule has 37 heavy (non-hydrogen) atoms.